The number of benzene rings is 3. The Balaban J connectivity index is 1.47. The van der Waals surface area contributed by atoms with E-state index in [1.165, 1.54) is 16.3 Å². The van der Waals surface area contributed by atoms with Gasteiger partial charge in [-0.05, 0) is 60.3 Å². The summed E-state index contributed by atoms with van der Waals surface area (Å²) in [6.07, 6.45) is 1.32. The molecule has 7 nitrogen and oxygen atoms in total. The van der Waals surface area contributed by atoms with Gasteiger partial charge in [-0.1, -0.05) is 54.6 Å². The summed E-state index contributed by atoms with van der Waals surface area (Å²) in [5.41, 5.74) is 4.49. The first-order chi connectivity index (χ1) is 18.0. The summed E-state index contributed by atoms with van der Waals surface area (Å²) in [6, 6.07) is 20.1. The quantitative estimate of drug-likeness (QED) is 0.466. The molecule has 7 heteroatoms. The molecule has 3 N–H and O–H groups in total. The Kier molecular flexibility index (Phi) is 7.84. The van der Waals surface area contributed by atoms with Gasteiger partial charge in [-0.15, -0.1) is 0 Å². The van der Waals surface area contributed by atoms with E-state index in [1.54, 1.807) is 14.0 Å². The van der Waals surface area contributed by atoms with Crippen molar-refractivity contribution in [2.75, 3.05) is 38.1 Å². The number of rotatable bonds is 7. The number of hydrogen-bond acceptors (Lipinski definition) is 5. The Morgan fingerprint density at radius 1 is 0.973 bits per heavy atom. The second-order valence-corrected chi connectivity index (χ2v) is 10.1. The van der Waals surface area contributed by atoms with Crippen LogP contribution in [0.15, 0.2) is 60.7 Å². The van der Waals surface area contributed by atoms with E-state index in [-0.39, 0.29) is 17.9 Å². The fourth-order valence-corrected chi connectivity index (χ4v) is 5.44. The molecule has 0 radical (unpaired) electrons. The number of nitrogens with zero attached hydrogens (tertiary/aromatic N) is 2. The molecule has 0 aromatic heterocycles. The zero-order valence-corrected chi connectivity index (χ0v) is 21.8. The summed E-state index contributed by atoms with van der Waals surface area (Å²) in [5, 5.41) is 11.8. The predicted molar refractivity (Wildman–Crippen MR) is 149 cm³/mol. The zero-order chi connectivity index (χ0) is 25.8. The summed E-state index contributed by atoms with van der Waals surface area (Å²) >= 11 is 0. The largest absolute Gasteiger partial charge is 0.343 e. The van der Waals surface area contributed by atoms with Crippen molar-refractivity contribution in [1.29, 1.82) is 0 Å². The van der Waals surface area contributed by atoms with Crippen molar-refractivity contribution in [3.05, 3.63) is 77.4 Å². The van der Waals surface area contributed by atoms with Gasteiger partial charge in [-0.2, -0.15) is 0 Å². The van der Waals surface area contributed by atoms with Crippen molar-refractivity contribution in [3.63, 3.8) is 0 Å². The van der Waals surface area contributed by atoms with Crippen LogP contribution < -0.4 is 20.9 Å². The lowest BCUT2D eigenvalue weighted by Gasteiger charge is -2.28. The van der Waals surface area contributed by atoms with Crippen molar-refractivity contribution in [2.24, 2.45) is 0 Å². The molecule has 1 fully saturated rings. The van der Waals surface area contributed by atoms with Crippen molar-refractivity contribution in [1.82, 2.24) is 20.9 Å². The molecule has 2 heterocycles. The number of hydrogen-bond donors (Lipinski definition) is 3. The number of fused-ring (bicyclic) bond motifs is 2. The van der Waals surface area contributed by atoms with Gasteiger partial charge in [-0.3, -0.25) is 14.5 Å². The van der Waals surface area contributed by atoms with Gasteiger partial charge in [0, 0.05) is 38.4 Å². The van der Waals surface area contributed by atoms with Crippen LogP contribution in [0.3, 0.4) is 0 Å². The Labute approximate surface area is 219 Å². The van der Waals surface area contributed by atoms with E-state index in [0.717, 1.165) is 56.0 Å². The van der Waals surface area contributed by atoms with Crippen molar-refractivity contribution < 1.29 is 9.59 Å². The third-order valence-electron chi connectivity index (χ3n) is 7.73. The maximum absolute atomic E-state index is 13.9. The van der Waals surface area contributed by atoms with Crippen LogP contribution >= 0.6 is 0 Å². The SMILES string of the molecule is CNC(C)C(=O)NC1CCc2ccccc2N(Cc2cccc3c(CN4CCNCC4)cccc23)C1=O. The van der Waals surface area contributed by atoms with Crippen LogP contribution in [0.4, 0.5) is 5.69 Å². The third kappa shape index (κ3) is 5.54. The molecular formula is C30H37N5O2. The molecule has 1 saturated heterocycles. The van der Waals surface area contributed by atoms with Crippen LogP contribution in [0.25, 0.3) is 10.8 Å². The van der Waals surface area contributed by atoms with E-state index in [1.807, 2.05) is 23.1 Å². The molecule has 37 heavy (non-hydrogen) atoms. The number of nitrogens with one attached hydrogen (secondary N) is 3. The molecule has 0 saturated carbocycles. The number of piperazine rings is 1. The van der Waals surface area contributed by atoms with Gasteiger partial charge in [0.1, 0.15) is 6.04 Å². The Morgan fingerprint density at radius 3 is 2.35 bits per heavy atom. The summed E-state index contributed by atoms with van der Waals surface area (Å²) < 4.78 is 0. The fraction of sp³-hybridized carbons (Fsp3) is 0.400. The molecule has 2 aliphatic heterocycles. The second-order valence-electron chi connectivity index (χ2n) is 10.1. The first-order valence-corrected chi connectivity index (χ1v) is 13.3. The Bertz CT molecular complexity index is 1270. The molecule has 2 atom stereocenters. The van der Waals surface area contributed by atoms with E-state index in [2.05, 4.69) is 63.3 Å². The van der Waals surface area contributed by atoms with Gasteiger partial charge in [-0.25, -0.2) is 0 Å². The third-order valence-corrected chi connectivity index (χ3v) is 7.73. The molecule has 0 spiro atoms. The monoisotopic (exact) mass is 499 g/mol. The van der Waals surface area contributed by atoms with Crippen molar-refractivity contribution >= 4 is 28.3 Å². The summed E-state index contributed by atoms with van der Waals surface area (Å²) in [4.78, 5) is 30.9. The topological polar surface area (TPSA) is 76.7 Å². The van der Waals surface area contributed by atoms with Gasteiger partial charge in [0.2, 0.25) is 11.8 Å². The highest BCUT2D eigenvalue weighted by Gasteiger charge is 2.32. The van der Waals surface area contributed by atoms with Gasteiger partial charge < -0.3 is 20.9 Å². The maximum Gasteiger partial charge on any atom is 0.249 e. The average molecular weight is 500 g/mol. The highest BCUT2D eigenvalue weighted by atomic mass is 16.2. The molecule has 0 aliphatic carbocycles. The minimum Gasteiger partial charge on any atom is -0.343 e. The second kappa shape index (κ2) is 11.4. The lowest BCUT2D eigenvalue weighted by Crippen LogP contribution is -2.52. The molecule has 2 amide bonds. The van der Waals surface area contributed by atoms with E-state index >= 15 is 0 Å². The van der Waals surface area contributed by atoms with E-state index in [9.17, 15) is 9.59 Å². The molecular weight excluding hydrogens is 462 g/mol. The van der Waals surface area contributed by atoms with Crippen molar-refractivity contribution in [2.45, 2.75) is 44.9 Å². The number of amides is 2. The molecule has 2 unspecified atom stereocenters. The van der Waals surface area contributed by atoms with Gasteiger partial charge in [0.25, 0.3) is 0 Å². The summed E-state index contributed by atoms with van der Waals surface area (Å²) in [7, 11) is 1.75. The van der Waals surface area contributed by atoms with Gasteiger partial charge in [0.15, 0.2) is 0 Å². The minimum absolute atomic E-state index is 0.0597. The van der Waals surface area contributed by atoms with Gasteiger partial charge in [0.05, 0.1) is 12.6 Å². The fourth-order valence-electron chi connectivity index (χ4n) is 5.44. The van der Waals surface area contributed by atoms with E-state index < -0.39 is 6.04 Å². The Morgan fingerprint density at radius 2 is 1.65 bits per heavy atom. The van der Waals surface area contributed by atoms with Crippen molar-refractivity contribution in [3.8, 4) is 0 Å². The highest BCUT2D eigenvalue weighted by Crippen LogP contribution is 2.31. The van der Waals surface area contributed by atoms with Crippen LogP contribution in [-0.4, -0.2) is 62.0 Å². The van der Waals surface area contributed by atoms with Crippen LogP contribution in [0.1, 0.15) is 30.0 Å². The van der Waals surface area contributed by atoms with E-state index in [4.69, 9.17) is 0 Å². The minimum atomic E-state index is -0.561. The molecule has 2 aliphatic rings. The zero-order valence-electron chi connectivity index (χ0n) is 21.8. The lowest BCUT2D eigenvalue weighted by atomic mass is 9.98. The maximum atomic E-state index is 13.9. The lowest BCUT2D eigenvalue weighted by molar-refractivity contribution is -0.128. The number of carbonyl (C=O) groups is 2. The predicted octanol–water partition coefficient (Wildman–Crippen LogP) is 2.82. The van der Waals surface area contributed by atoms with Crippen LogP contribution in [0.2, 0.25) is 0 Å². The average Bonchev–Trinajstić information content (AvgIpc) is 3.06. The number of likely N-dealkylation sites (N-methyl/N-ethyl adjacent to an activating group) is 1. The summed E-state index contributed by atoms with van der Waals surface area (Å²) in [5.74, 6) is -0.218. The van der Waals surface area contributed by atoms with Crippen LogP contribution in [0, 0.1) is 0 Å². The molecule has 5 rings (SSSR count). The molecule has 3 aromatic carbocycles. The van der Waals surface area contributed by atoms with Crippen LogP contribution in [0.5, 0.6) is 0 Å². The standard InChI is InChI=1S/C30H37N5O2/c1-21(31-2)29(36)33-27-14-13-22-7-3-4-12-28(22)35(30(27)37)20-24-9-6-10-25-23(8-5-11-26(24)25)19-34-17-15-32-16-18-34/h3-12,21,27,31-32H,13-20H2,1-2H3,(H,33,36). The first-order valence-electron chi connectivity index (χ1n) is 13.3. The van der Waals surface area contributed by atoms with Gasteiger partial charge >= 0.3 is 0 Å². The molecule has 194 valence electrons. The van der Waals surface area contributed by atoms with E-state index in [0.29, 0.717) is 13.0 Å². The summed E-state index contributed by atoms with van der Waals surface area (Å²) in [6.45, 7) is 7.33. The smallest absolute Gasteiger partial charge is 0.249 e. The Hall–Kier alpha value is -3.26. The number of carbonyl (C=O) groups excluding carboxylic acids is 2. The number of aryl methyl sites for hydroxylation is 1. The highest BCUT2D eigenvalue weighted by molar-refractivity contribution is 6.01. The molecule has 0 bridgehead atoms. The number of para-hydroxylation sites is 1. The van der Waals surface area contributed by atoms with Crippen LogP contribution in [-0.2, 0) is 29.1 Å². The first kappa shape index (κ1) is 25.4. The molecule has 3 aromatic rings. The normalized spacial score (nSPS) is 19.4. The number of anilines is 1.